The van der Waals surface area contributed by atoms with Gasteiger partial charge in [-0.1, -0.05) is 24.3 Å². The lowest BCUT2D eigenvalue weighted by molar-refractivity contribution is -0.137. The van der Waals surface area contributed by atoms with E-state index in [1.807, 2.05) is 13.0 Å². The summed E-state index contributed by atoms with van der Waals surface area (Å²) in [6, 6.07) is 5.40. The molecule has 0 aliphatic rings. The summed E-state index contributed by atoms with van der Waals surface area (Å²) in [4.78, 5) is 0. The number of alkyl halides is 3. The summed E-state index contributed by atoms with van der Waals surface area (Å²) in [5.41, 5.74) is -0.0660. The van der Waals surface area contributed by atoms with E-state index < -0.39 is 11.7 Å². The fourth-order valence-electron chi connectivity index (χ4n) is 1.17. The molecule has 1 atom stereocenters. The van der Waals surface area contributed by atoms with Crippen molar-refractivity contribution in [2.24, 2.45) is 0 Å². The Morgan fingerprint density at radius 1 is 1.31 bits per heavy atom. The third-order valence-electron chi connectivity index (χ3n) is 2.25. The summed E-state index contributed by atoms with van der Waals surface area (Å²) in [5, 5.41) is 2.97. The molecule has 1 aromatic rings. The first kappa shape index (κ1) is 12.8. The van der Waals surface area contributed by atoms with Gasteiger partial charge in [-0.25, -0.2) is 0 Å². The number of benzene rings is 1. The summed E-state index contributed by atoms with van der Waals surface area (Å²) in [6.07, 6.45) is -0.787. The van der Waals surface area contributed by atoms with Gasteiger partial charge in [-0.15, -0.1) is 0 Å². The van der Waals surface area contributed by atoms with Crippen molar-refractivity contribution < 1.29 is 13.2 Å². The largest absolute Gasteiger partial charge is 0.416 e. The van der Waals surface area contributed by atoms with Crippen molar-refractivity contribution in [2.75, 3.05) is 7.05 Å². The van der Waals surface area contributed by atoms with Gasteiger partial charge in [0.1, 0.15) is 0 Å². The van der Waals surface area contributed by atoms with Crippen LogP contribution in [0.5, 0.6) is 0 Å². The van der Waals surface area contributed by atoms with Crippen LogP contribution in [0.1, 0.15) is 18.1 Å². The van der Waals surface area contributed by atoms with Crippen molar-refractivity contribution in [1.29, 1.82) is 0 Å². The smallest absolute Gasteiger partial charge is 0.314 e. The second-order valence-electron chi connectivity index (χ2n) is 3.56. The van der Waals surface area contributed by atoms with E-state index >= 15 is 0 Å². The van der Waals surface area contributed by atoms with Gasteiger partial charge in [0.05, 0.1) is 5.56 Å². The van der Waals surface area contributed by atoms with Crippen LogP contribution in [-0.4, -0.2) is 13.1 Å². The summed E-state index contributed by atoms with van der Waals surface area (Å²) >= 11 is 0. The second-order valence-corrected chi connectivity index (χ2v) is 3.56. The number of nitrogens with one attached hydrogen (secondary N) is 1. The van der Waals surface area contributed by atoms with Crippen LogP contribution in [0.4, 0.5) is 13.2 Å². The Bertz CT molecular complexity index is 369. The van der Waals surface area contributed by atoms with E-state index in [2.05, 4.69) is 5.32 Å². The highest BCUT2D eigenvalue weighted by Gasteiger charge is 2.30. The van der Waals surface area contributed by atoms with E-state index in [4.69, 9.17) is 0 Å². The minimum Gasteiger partial charge on any atom is -0.314 e. The maximum absolute atomic E-state index is 12.4. The number of hydrogen-bond acceptors (Lipinski definition) is 1. The minimum atomic E-state index is -4.28. The zero-order valence-corrected chi connectivity index (χ0v) is 9.18. The van der Waals surface area contributed by atoms with Gasteiger partial charge in [0, 0.05) is 6.04 Å². The van der Waals surface area contributed by atoms with E-state index in [-0.39, 0.29) is 6.04 Å². The molecule has 0 radical (unpaired) electrons. The molecular weight excluding hydrogens is 215 g/mol. The average Bonchev–Trinajstić information content (AvgIpc) is 2.25. The fourth-order valence-corrected chi connectivity index (χ4v) is 1.17. The SMILES string of the molecule is CN[C@@H](C)/C=C/c1cccc(C(F)(F)F)c1. The lowest BCUT2D eigenvalue weighted by Crippen LogP contribution is -2.17. The van der Waals surface area contributed by atoms with E-state index in [1.165, 1.54) is 6.07 Å². The normalized spacial score (nSPS) is 14.3. The molecule has 0 bridgehead atoms. The predicted molar refractivity (Wildman–Crippen MR) is 59.0 cm³/mol. The molecule has 0 unspecified atom stereocenters. The second kappa shape index (κ2) is 5.16. The Morgan fingerprint density at radius 3 is 2.56 bits per heavy atom. The molecule has 0 saturated carbocycles. The van der Waals surface area contributed by atoms with E-state index in [0.717, 1.165) is 12.1 Å². The maximum Gasteiger partial charge on any atom is 0.416 e. The van der Waals surface area contributed by atoms with Crippen molar-refractivity contribution in [1.82, 2.24) is 5.32 Å². The predicted octanol–water partition coefficient (Wildman–Crippen LogP) is 3.33. The lowest BCUT2D eigenvalue weighted by atomic mass is 10.1. The van der Waals surface area contributed by atoms with Gasteiger partial charge in [0.25, 0.3) is 0 Å². The Kier molecular flexibility index (Phi) is 4.12. The molecule has 1 N–H and O–H groups in total. The average molecular weight is 229 g/mol. The van der Waals surface area contributed by atoms with E-state index in [9.17, 15) is 13.2 Å². The third-order valence-corrected chi connectivity index (χ3v) is 2.25. The fraction of sp³-hybridized carbons (Fsp3) is 0.333. The molecule has 1 rings (SSSR count). The van der Waals surface area contributed by atoms with Gasteiger partial charge in [0.2, 0.25) is 0 Å². The molecule has 0 aliphatic heterocycles. The molecule has 0 heterocycles. The Labute approximate surface area is 93.0 Å². The standard InChI is InChI=1S/C12H14F3N/c1-9(16-2)6-7-10-4-3-5-11(8-10)12(13,14)15/h3-9,16H,1-2H3/b7-6+/t9-/m0/s1. The van der Waals surface area contributed by atoms with Crippen LogP contribution in [0.3, 0.4) is 0 Å². The quantitative estimate of drug-likeness (QED) is 0.838. The van der Waals surface area contributed by atoms with Gasteiger partial charge in [-0.2, -0.15) is 13.2 Å². The van der Waals surface area contributed by atoms with Crippen molar-refractivity contribution in [3.63, 3.8) is 0 Å². The highest BCUT2D eigenvalue weighted by molar-refractivity contribution is 5.51. The molecular formula is C12H14F3N. The van der Waals surface area contributed by atoms with Gasteiger partial charge in [-0.05, 0) is 31.7 Å². The number of rotatable bonds is 3. The van der Waals surface area contributed by atoms with Gasteiger partial charge < -0.3 is 5.32 Å². The third kappa shape index (κ3) is 3.70. The van der Waals surface area contributed by atoms with Crippen LogP contribution in [0.2, 0.25) is 0 Å². The van der Waals surface area contributed by atoms with Crippen LogP contribution in [0, 0.1) is 0 Å². The van der Waals surface area contributed by atoms with Crippen LogP contribution in [0.25, 0.3) is 6.08 Å². The molecule has 0 spiro atoms. The first-order chi connectivity index (χ1) is 7.43. The van der Waals surface area contributed by atoms with Crippen LogP contribution in [0.15, 0.2) is 30.3 Å². The molecule has 88 valence electrons. The van der Waals surface area contributed by atoms with E-state index in [0.29, 0.717) is 5.56 Å². The molecule has 1 aromatic carbocycles. The highest BCUT2D eigenvalue weighted by Crippen LogP contribution is 2.29. The van der Waals surface area contributed by atoms with E-state index in [1.54, 1.807) is 19.2 Å². The molecule has 0 amide bonds. The first-order valence-electron chi connectivity index (χ1n) is 4.96. The highest BCUT2D eigenvalue weighted by atomic mass is 19.4. The Hall–Kier alpha value is -1.29. The summed E-state index contributed by atoms with van der Waals surface area (Å²) in [6.45, 7) is 1.92. The Balaban J connectivity index is 2.87. The van der Waals surface area contributed by atoms with Crippen LogP contribution < -0.4 is 5.32 Å². The van der Waals surface area contributed by atoms with Crippen LogP contribution in [-0.2, 0) is 6.18 Å². The summed E-state index contributed by atoms with van der Waals surface area (Å²) < 4.78 is 37.2. The lowest BCUT2D eigenvalue weighted by Gasteiger charge is -2.07. The molecule has 0 aromatic heterocycles. The van der Waals surface area contributed by atoms with Crippen molar-refractivity contribution in [2.45, 2.75) is 19.1 Å². The summed E-state index contributed by atoms with van der Waals surface area (Å²) in [7, 11) is 1.79. The topological polar surface area (TPSA) is 12.0 Å². The Morgan fingerprint density at radius 2 is 2.00 bits per heavy atom. The zero-order valence-electron chi connectivity index (χ0n) is 9.18. The number of hydrogen-bond donors (Lipinski definition) is 1. The van der Waals surface area contributed by atoms with Crippen LogP contribution >= 0.6 is 0 Å². The molecule has 1 nitrogen and oxygen atoms in total. The molecule has 4 heteroatoms. The molecule has 0 saturated heterocycles. The summed E-state index contributed by atoms with van der Waals surface area (Å²) in [5.74, 6) is 0. The van der Waals surface area contributed by atoms with Crippen molar-refractivity contribution >= 4 is 6.08 Å². The van der Waals surface area contributed by atoms with Gasteiger partial charge >= 0.3 is 6.18 Å². The van der Waals surface area contributed by atoms with Gasteiger partial charge in [0.15, 0.2) is 0 Å². The number of halogens is 3. The number of likely N-dealkylation sites (N-methyl/N-ethyl adjacent to an activating group) is 1. The molecule has 16 heavy (non-hydrogen) atoms. The van der Waals surface area contributed by atoms with Crippen molar-refractivity contribution in [3.05, 3.63) is 41.5 Å². The maximum atomic E-state index is 12.4. The zero-order chi connectivity index (χ0) is 12.2. The monoisotopic (exact) mass is 229 g/mol. The minimum absolute atomic E-state index is 0.134. The molecule has 0 aliphatic carbocycles. The van der Waals surface area contributed by atoms with Crippen molar-refractivity contribution in [3.8, 4) is 0 Å². The van der Waals surface area contributed by atoms with Gasteiger partial charge in [-0.3, -0.25) is 0 Å². The first-order valence-corrected chi connectivity index (χ1v) is 4.96. The molecule has 0 fully saturated rings.